The zero-order valence-corrected chi connectivity index (χ0v) is 9.25. The van der Waals surface area contributed by atoms with Crippen molar-refractivity contribution in [1.82, 2.24) is 9.97 Å². The highest BCUT2D eigenvalue weighted by atomic mass is 32.2. The molecule has 0 fully saturated rings. The lowest BCUT2D eigenvalue weighted by atomic mass is 10.4. The van der Waals surface area contributed by atoms with Crippen molar-refractivity contribution in [2.75, 3.05) is 17.2 Å². The Labute approximate surface area is 91.8 Å². The van der Waals surface area contributed by atoms with E-state index in [2.05, 4.69) is 22.1 Å². The van der Waals surface area contributed by atoms with Gasteiger partial charge in [0.05, 0.1) is 0 Å². The Morgan fingerprint density at radius 2 is 1.93 bits per heavy atom. The van der Waals surface area contributed by atoms with E-state index in [-0.39, 0.29) is 17.3 Å². The number of anilines is 2. The molecule has 4 N–H and O–H groups in total. The minimum Gasteiger partial charge on any atom is -0.382 e. The number of nitrogens with two attached hydrogens (primary N) is 2. The molecule has 7 heteroatoms. The summed E-state index contributed by atoms with van der Waals surface area (Å²) in [5, 5.41) is 3.16. The van der Waals surface area contributed by atoms with E-state index in [1.807, 2.05) is 0 Å². The first kappa shape index (κ1) is 11.7. The van der Waals surface area contributed by atoms with Crippen LogP contribution in [0, 0.1) is 4.91 Å². The van der Waals surface area contributed by atoms with Gasteiger partial charge in [0.15, 0.2) is 22.5 Å². The predicted molar refractivity (Wildman–Crippen MR) is 61.9 cm³/mol. The number of unbranched alkanes of at least 4 members (excludes halogenated alkanes) is 1. The van der Waals surface area contributed by atoms with Crippen LogP contribution in [0.15, 0.2) is 10.3 Å². The van der Waals surface area contributed by atoms with Gasteiger partial charge in [-0.1, -0.05) is 25.1 Å². The van der Waals surface area contributed by atoms with E-state index in [0.717, 1.165) is 18.6 Å². The highest BCUT2D eigenvalue weighted by Gasteiger charge is 2.10. The molecule has 0 aromatic carbocycles. The average molecular weight is 227 g/mol. The summed E-state index contributed by atoms with van der Waals surface area (Å²) in [5.41, 5.74) is 10.9. The van der Waals surface area contributed by atoms with Gasteiger partial charge < -0.3 is 11.5 Å². The Kier molecular flexibility index (Phi) is 4.29. The molecule has 0 radical (unpaired) electrons. The molecule has 1 aromatic heterocycles. The zero-order chi connectivity index (χ0) is 11.3. The molecule has 0 aliphatic rings. The molecule has 82 valence electrons. The largest absolute Gasteiger partial charge is 0.382 e. The molecule has 15 heavy (non-hydrogen) atoms. The number of nitrogen functional groups attached to an aromatic ring is 2. The van der Waals surface area contributed by atoms with Gasteiger partial charge in [-0.05, 0) is 11.6 Å². The van der Waals surface area contributed by atoms with Crippen molar-refractivity contribution in [3.8, 4) is 0 Å². The van der Waals surface area contributed by atoms with Crippen LogP contribution in [0.4, 0.5) is 17.3 Å². The lowest BCUT2D eigenvalue weighted by Crippen LogP contribution is -2.01. The average Bonchev–Trinajstić information content (AvgIpc) is 2.18. The van der Waals surface area contributed by atoms with E-state index in [9.17, 15) is 4.91 Å². The zero-order valence-electron chi connectivity index (χ0n) is 8.43. The molecule has 0 bridgehead atoms. The normalized spacial score (nSPS) is 10.2. The Hall–Kier alpha value is -1.37. The molecular weight excluding hydrogens is 214 g/mol. The lowest BCUT2D eigenvalue weighted by Gasteiger charge is -2.03. The van der Waals surface area contributed by atoms with Crippen LogP contribution in [0.5, 0.6) is 0 Å². The Morgan fingerprint density at radius 3 is 2.40 bits per heavy atom. The minimum atomic E-state index is -0.0742. The number of nitroso groups, excluding NO2 is 1. The first-order chi connectivity index (χ1) is 7.19. The van der Waals surface area contributed by atoms with Gasteiger partial charge in [0.25, 0.3) is 0 Å². The Balaban J connectivity index is 2.79. The molecular formula is C8H13N5OS. The van der Waals surface area contributed by atoms with Crippen LogP contribution in [-0.4, -0.2) is 15.7 Å². The van der Waals surface area contributed by atoms with Crippen LogP contribution >= 0.6 is 11.8 Å². The van der Waals surface area contributed by atoms with Crippen molar-refractivity contribution in [2.24, 2.45) is 5.18 Å². The topological polar surface area (TPSA) is 107 Å². The Bertz CT molecular complexity index is 334. The van der Waals surface area contributed by atoms with Gasteiger partial charge in [-0.3, -0.25) is 0 Å². The quantitative estimate of drug-likeness (QED) is 0.344. The summed E-state index contributed by atoms with van der Waals surface area (Å²) in [6.45, 7) is 2.10. The van der Waals surface area contributed by atoms with Crippen molar-refractivity contribution in [2.45, 2.75) is 24.9 Å². The SMILES string of the molecule is CCCCSc1nc(N)c(N=O)c(N)n1. The number of hydrogen-bond acceptors (Lipinski definition) is 7. The van der Waals surface area contributed by atoms with Crippen molar-refractivity contribution in [1.29, 1.82) is 0 Å². The molecule has 0 spiro atoms. The van der Waals surface area contributed by atoms with Crippen LogP contribution < -0.4 is 11.5 Å². The Morgan fingerprint density at radius 1 is 1.33 bits per heavy atom. The molecule has 0 aliphatic heterocycles. The van der Waals surface area contributed by atoms with E-state index in [1.165, 1.54) is 11.8 Å². The van der Waals surface area contributed by atoms with Gasteiger partial charge in [0.2, 0.25) is 0 Å². The highest BCUT2D eigenvalue weighted by Crippen LogP contribution is 2.28. The lowest BCUT2D eigenvalue weighted by molar-refractivity contribution is 0.889. The van der Waals surface area contributed by atoms with Crippen molar-refractivity contribution < 1.29 is 0 Å². The number of aromatic nitrogens is 2. The third-order valence-electron chi connectivity index (χ3n) is 1.74. The summed E-state index contributed by atoms with van der Waals surface area (Å²) < 4.78 is 0. The maximum absolute atomic E-state index is 10.3. The summed E-state index contributed by atoms with van der Waals surface area (Å²) in [5.74, 6) is 0.983. The van der Waals surface area contributed by atoms with Crippen molar-refractivity contribution >= 4 is 29.1 Å². The summed E-state index contributed by atoms with van der Waals surface area (Å²) in [6, 6.07) is 0. The van der Waals surface area contributed by atoms with Crippen LogP contribution in [0.3, 0.4) is 0 Å². The minimum absolute atomic E-state index is 0.0384. The second-order valence-corrected chi connectivity index (χ2v) is 3.98. The van der Waals surface area contributed by atoms with E-state index >= 15 is 0 Å². The van der Waals surface area contributed by atoms with Crippen LogP contribution in [0.2, 0.25) is 0 Å². The molecule has 1 rings (SSSR count). The molecule has 6 nitrogen and oxygen atoms in total. The van der Waals surface area contributed by atoms with E-state index in [0.29, 0.717) is 5.16 Å². The van der Waals surface area contributed by atoms with Gasteiger partial charge in [-0.25, -0.2) is 9.97 Å². The third kappa shape index (κ3) is 3.05. The van der Waals surface area contributed by atoms with Crippen molar-refractivity contribution in [3.05, 3.63) is 4.91 Å². The fourth-order valence-electron chi connectivity index (χ4n) is 0.934. The van der Waals surface area contributed by atoms with E-state index < -0.39 is 0 Å². The summed E-state index contributed by atoms with van der Waals surface area (Å²) >= 11 is 1.47. The number of nitrogens with zero attached hydrogens (tertiary/aromatic N) is 3. The fraction of sp³-hybridized carbons (Fsp3) is 0.500. The molecule has 1 heterocycles. The standard InChI is InChI=1S/C8H13N5OS/c1-2-3-4-15-8-11-6(9)5(13-14)7(10)12-8/h2-4H2,1H3,(H4,9,10,11,12). The van der Waals surface area contributed by atoms with Crippen LogP contribution in [-0.2, 0) is 0 Å². The van der Waals surface area contributed by atoms with Gasteiger partial charge in [-0.15, -0.1) is 4.91 Å². The number of hydrogen-bond donors (Lipinski definition) is 2. The molecule has 0 aliphatic carbocycles. The van der Waals surface area contributed by atoms with Gasteiger partial charge in [-0.2, -0.15) is 0 Å². The second-order valence-electron chi connectivity index (χ2n) is 2.92. The smallest absolute Gasteiger partial charge is 0.192 e. The molecule has 1 aromatic rings. The van der Waals surface area contributed by atoms with E-state index in [4.69, 9.17) is 11.5 Å². The predicted octanol–water partition coefficient (Wildman–Crippen LogP) is 1.93. The molecule has 0 unspecified atom stereocenters. The van der Waals surface area contributed by atoms with Gasteiger partial charge in [0.1, 0.15) is 0 Å². The number of thioether (sulfide) groups is 1. The van der Waals surface area contributed by atoms with Gasteiger partial charge >= 0.3 is 0 Å². The monoisotopic (exact) mass is 227 g/mol. The molecule has 0 saturated carbocycles. The molecule has 0 atom stereocenters. The maximum Gasteiger partial charge on any atom is 0.192 e. The van der Waals surface area contributed by atoms with Gasteiger partial charge in [0, 0.05) is 5.75 Å². The van der Waals surface area contributed by atoms with Crippen molar-refractivity contribution in [3.63, 3.8) is 0 Å². The summed E-state index contributed by atoms with van der Waals surface area (Å²) in [6.07, 6.45) is 2.17. The second kappa shape index (κ2) is 5.50. The number of rotatable bonds is 5. The highest BCUT2D eigenvalue weighted by molar-refractivity contribution is 7.99. The fourth-order valence-corrected chi connectivity index (χ4v) is 1.88. The van der Waals surface area contributed by atoms with E-state index in [1.54, 1.807) is 0 Å². The maximum atomic E-state index is 10.3. The van der Waals surface area contributed by atoms with Crippen LogP contribution in [0.1, 0.15) is 19.8 Å². The third-order valence-corrected chi connectivity index (χ3v) is 2.67. The molecule has 0 amide bonds. The first-order valence-electron chi connectivity index (χ1n) is 4.58. The first-order valence-corrected chi connectivity index (χ1v) is 5.56. The van der Waals surface area contributed by atoms with Crippen LogP contribution in [0.25, 0.3) is 0 Å². The molecule has 0 saturated heterocycles. The summed E-state index contributed by atoms with van der Waals surface area (Å²) in [4.78, 5) is 18.2. The summed E-state index contributed by atoms with van der Waals surface area (Å²) in [7, 11) is 0.